The molecule has 2 saturated heterocycles. The molecule has 1 aromatic carbocycles. The molecule has 3 aliphatic carbocycles. The third kappa shape index (κ3) is 9.72. The minimum atomic E-state index is -1.05. The second-order valence-electron chi connectivity index (χ2n) is 20.4. The maximum absolute atomic E-state index is 14.2. The first-order valence-corrected chi connectivity index (χ1v) is 24.2. The number of β-amino-alcohol motifs (C(OH)–C–C–N with tert-alkyl or cyclic N) is 1. The van der Waals surface area contributed by atoms with E-state index in [0.29, 0.717) is 25.7 Å². The van der Waals surface area contributed by atoms with E-state index in [9.17, 15) is 33.9 Å². The van der Waals surface area contributed by atoms with Gasteiger partial charge in [0, 0.05) is 36.5 Å². The zero-order valence-electron chi connectivity index (χ0n) is 37.9. The molecule has 4 unspecified atom stereocenters. The van der Waals surface area contributed by atoms with Crippen LogP contribution in [0.1, 0.15) is 124 Å². The molecule has 0 radical (unpaired) electrons. The molecule has 3 amide bonds. The minimum Gasteiger partial charge on any atom is -0.459 e. The Bertz CT molecular complexity index is 2150. The second-order valence-corrected chi connectivity index (χ2v) is 22.6. The van der Waals surface area contributed by atoms with Gasteiger partial charge in [-0.3, -0.25) is 28.8 Å². The number of aromatic nitrogens is 1. The maximum Gasteiger partial charge on any atom is 0.306 e. The van der Waals surface area contributed by atoms with Crippen LogP contribution in [0.3, 0.4) is 0 Å². The average Bonchev–Trinajstić information content (AvgIpc) is 3.94. The van der Waals surface area contributed by atoms with Crippen LogP contribution in [0.2, 0.25) is 0 Å². The maximum atomic E-state index is 14.2. The Kier molecular flexibility index (Phi) is 13.6. The van der Waals surface area contributed by atoms with Crippen molar-refractivity contribution >= 4 is 57.7 Å². The Labute approximate surface area is 379 Å². The predicted octanol–water partition coefficient (Wildman–Crippen LogP) is 6.65. The van der Waals surface area contributed by atoms with E-state index in [-0.39, 0.29) is 70.4 Å². The van der Waals surface area contributed by atoms with Crippen LogP contribution in [0.5, 0.6) is 0 Å². The van der Waals surface area contributed by atoms with Crippen molar-refractivity contribution in [1.29, 1.82) is 0 Å². The summed E-state index contributed by atoms with van der Waals surface area (Å²) in [4.78, 5) is 86.7. The van der Waals surface area contributed by atoms with Crippen molar-refractivity contribution in [1.82, 2.24) is 20.5 Å². The molecule has 2 aliphatic heterocycles. The van der Waals surface area contributed by atoms with E-state index < -0.39 is 53.5 Å². The molecule has 7 rings (SSSR count). The Morgan fingerprint density at radius 1 is 1.05 bits per heavy atom. The van der Waals surface area contributed by atoms with E-state index in [1.807, 2.05) is 70.5 Å². The van der Waals surface area contributed by atoms with Gasteiger partial charge in [-0.2, -0.15) is 0 Å². The fourth-order valence-corrected chi connectivity index (χ4v) is 13.1. The number of hydrogen-bond donors (Lipinski definition) is 3. The Morgan fingerprint density at radius 3 is 2.43 bits per heavy atom. The van der Waals surface area contributed by atoms with Crippen molar-refractivity contribution in [2.45, 2.75) is 148 Å². The fraction of sp³-hybridized carbons (Fsp3) is 0.646. The van der Waals surface area contributed by atoms with Gasteiger partial charge in [-0.1, -0.05) is 76.2 Å². The van der Waals surface area contributed by atoms with E-state index in [2.05, 4.69) is 36.4 Å². The fourth-order valence-electron chi connectivity index (χ4n) is 11.1. The van der Waals surface area contributed by atoms with Crippen molar-refractivity contribution in [2.75, 3.05) is 19.8 Å². The molecule has 0 bridgehead atoms. The number of allylic oxidation sites excluding steroid dienone is 2. The number of ketones is 1. The number of cyclic esters (lactones) is 1. The number of aryl methyl sites for hydroxylation is 1. The summed E-state index contributed by atoms with van der Waals surface area (Å²) in [5.41, 5.74) is 4.04. The molecule has 15 heteroatoms. The summed E-state index contributed by atoms with van der Waals surface area (Å²) in [6, 6.07) is 5.51. The number of fused-ring (bicyclic) bond motifs is 3. The lowest BCUT2D eigenvalue weighted by atomic mass is 9.48. The third-order valence-electron chi connectivity index (χ3n) is 15.1. The largest absolute Gasteiger partial charge is 0.459 e. The van der Waals surface area contributed by atoms with Crippen LogP contribution in [0.25, 0.3) is 10.4 Å². The monoisotopic (exact) mass is 904 g/mol. The van der Waals surface area contributed by atoms with Crippen LogP contribution in [-0.2, 0) is 38.2 Å². The molecule has 5 aliphatic rings. The smallest absolute Gasteiger partial charge is 0.306 e. The van der Waals surface area contributed by atoms with Crippen LogP contribution in [0.15, 0.2) is 41.4 Å². The van der Waals surface area contributed by atoms with Crippen molar-refractivity contribution in [2.24, 2.45) is 28.1 Å². The first kappa shape index (κ1) is 47.1. The van der Waals surface area contributed by atoms with Gasteiger partial charge in [-0.25, -0.2) is 4.98 Å². The van der Waals surface area contributed by atoms with Crippen LogP contribution < -0.4 is 10.6 Å². The van der Waals surface area contributed by atoms with Crippen LogP contribution in [0, 0.1) is 35.0 Å². The van der Waals surface area contributed by atoms with Crippen molar-refractivity contribution in [3.8, 4) is 10.4 Å². The molecule has 10 atom stereocenters. The molecule has 13 nitrogen and oxygen atoms in total. The molecular formula is C48H64N4O9S2. The van der Waals surface area contributed by atoms with Gasteiger partial charge in [-0.15, -0.1) is 11.3 Å². The zero-order chi connectivity index (χ0) is 45.6. The van der Waals surface area contributed by atoms with Crippen molar-refractivity contribution in [3.63, 3.8) is 0 Å². The topological polar surface area (TPSA) is 181 Å². The van der Waals surface area contributed by atoms with Gasteiger partial charge in [0.25, 0.3) is 0 Å². The lowest BCUT2D eigenvalue weighted by Crippen LogP contribution is -2.58. The average molecular weight is 905 g/mol. The summed E-state index contributed by atoms with van der Waals surface area (Å²) >= 11 is 2.79. The minimum absolute atomic E-state index is 0.0586. The number of thioether (sulfide) groups is 1. The lowest BCUT2D eigenvalue weighted by molar-refractivity contribution is -0.165. The van der Waals surface area contributed by atoms with Gasteiger partial charge in [-0.05, 0) is 99.2 Å². The summed E-state index contributed by atoms with van der Waals surface area (Å²) < 4.78 is 11.7. The number of aliphatic hydroxyl groups is 1. The van der Waals surface area contributed by atoms with E-state index in [0.717, 1.165) is 53.0 Å². The van der Waals surface area contributed by atoms with Crippen LogP contribution in [0.4, 0.5) is 0 Å². The van der Waals surface area contributed by atoms with Crippen LogP contribution in [-0.4, -0.2) is 98.4 Å². The summed E-state index contributed by atoms with van der Waals surface area (Å²) in [6.07, 6.45) is 6.54. The first-order valence-electron chi connectivity index (χ1n) is 22.4. The van der Waals surface area contributed by atoms with Crippen molar-refractivity contribution in [3.05, 3.63) is 52.7 Å². The normalized spacial score (nSPS) is 31.6. The van der Waals surface area contributed by atoms with E-state index in [1.165, 1.54) is 16.7 Å². The number of ether oxygens (including phenoxy) is 2. The number of nitrogens with zero attached hydrogens (tertiary/aromatic N) is 2. The summed E-state index contributed by atoms with van der Waals surface area (Å²) in [7, 11) is 0. The molecule has 1 aromatic heterocycles. The Balaban J connectivity index is 0.956. The number of benzene rings is 1. The van der Waals surface area contributed by atoms with Gasteiger partial charge < -0.3 is 30.1 Å². The van der Waals surface area contributed by atoms with Gasteiger partial charge >= 0.3 is 5.97 Å². The highest BCUT2D eigenvalue weighted by atomic mass is 32.2. The van der Waals surface area contributed by atoms with Crippen molar-refractivity contribution < 1.29 is 43.3 Å². The summed E-state index contributed by atoms with van der Waals surface area (Å²) in [6.45, 7) is 14.9. The van der Waals surface area contributed by atoms with Gasteiger partial charge in [0.1, 0.15) is 30.9 Å². The standard InChI is InChI=1S/C48H64N4O9S2/c1-27(29-9-11-30(12-10-29)41-28(2)49-26-62-41)50-43(58)36-21-33(54)23-52(36)44(59)42(45(3,4)5)51-38(55)24-60-25-40(57)63-37-20-31-19-32(53)13-17-47(31,7)35-14-16-46(6,22-34(35)37)48(8)18-15-39(56)61-48/h9-12,19,26-27,33-37,42,54H,13-18,20-25H2,1-8H3,(H,50,58)(H,51,55)/t27-,33+,34?,35?,36-,37+,42+,46?,47?,48+/m0/s1. The predicted molar refractivity (Wildman–Crippen MR) is 241 cm³/mol. The first-order chi connectivity index (χ1) is 29.6. The number of thiazole rings is 1. The molecule has 3 N–H and O–H groups in total. The molecule has 2 saturated carbocycles. The highest BCUT2D eigenvalue weighted by Gasteiger charge is 2.60. The number of rotatable bonds is 12. The highest BCUT2D eigenvalue weighted by molar-refractivity contribution is 8.14. The SMILES string of the molecule is Cc1ncsc1-c1ccc([C@H](C)NC(=O)[C@@H]2C[C@@H](O)CN2C(=O)[C@@H](NC(=O)COCC(=O)S[C@@H]2CC3=CC(=O)CCC3(C)C3CCC(C)([C@@]4(C)CCC(=O)O4)CC32)C(C)(C)C)cc1. The molecule has 63 heavy (non-hydrogen) atoms. The highest BCUT2D eigenvalue weighted by Crippen LogP contribution is 2.64. The molecule has 0 spiro atoms. The molecular weight excluding hydrogens is 841 g/mol. The number of likely N-dealkylation sites (tertiary alicyclic amines) is 1. The van der Waals surface area contributed by atoms with Gasteiger partial charge in [0.15, 0.2) is 5.78 Å². The molecule has 4 fully saturated rings. The lowest BCUT2D eigenvalue weighted by Gasteiger charge is -2.59. The zero-order valence-corrected chi connectivity index (χ0v) is 39.5. The number of aliphatic hydroxyl groups excluding tert-OH is 1. The van der Waals surface area contributed by atoms with E-state index in [4.69, 9.17) is 9.47 Å². The third-order valence-corrected chi connectivity index (χ3v) is 17.3. The van der Waals surface area contributed by atoms with E-state index in [1.54, 1.807) is 11.3 Å². The second kappa shape index (κ2) is 18.2. The van der Waals surface area contributed by atoms with Crippen LogP contribution >= 0.6 is 23.1 Å². The quantitative estimate of drug-likeness (QED) is 0.194. The van der Waals surface area contributed by atoms with Gasteiger partial charge in [0.05, 0.1) is 28.2 Å². The van der Waals surface area contributed by atoms with Gasteiger partial charge in [0.2, 0.25) is 22.8 Å². The summed E-state index contributed by atoms with van der Waals surface area (Å²) in [5, 5.41) is 16.2. The number of carbonyl (C=O) groups is 6. The molecule has 342 valence electrons. The number of carbonyl (C=O) groups excluding carboxylic acids is 6. The summed E-state index contributed by atoms with van der Waals surface area (Å²) in [5.74, 6) is -1.11. The number of hydrogen-bond acceptors (Lipinski definition) is 12. The number of amides is 3. The number of esters is 1. The Morgan fingerprint density at radius 2 is 1.78 bits per heavy atom. The molecule has 3 heterocycles. The number of nitrogens with one attached hydrogen (secondary N) is 2. The molecule has 2 aromatic rings. The Hall–Kier alpha value is -3.92. The van der Waals surface area contributed by atoms with E-state index >= 15 is 0 Å².